The van der Waals surface area contributed by atoms with E-state index >= 15 is 0 Å². The van der Waals surface area contributed by atoms with Crippen molar-refractivity contribution in [1.29, 1.82) is 0 Å². The van der Waals surface area contributed by atoms with Gasteiger partial charge in [-0.1, -0.05) is 58.4 Å². The largest absolute Gasteiger partial charge is 0.461 e. The Hall–Kier alpha value is -3.71. The number of carbonyl (C=O) groups is 2. The number of hydrogen-bond donors (Lipinski definition) is 1. The van der Waals surface area contributed by atoms with Gasteiger partial charge in [-0.2, -0.15) is 5.10 Å². The summed E-state index contributed by atoms with van der Waals surface area (Å²) in [6.45, 7) is 4.05. The van der Waals surface area contributed by atoms with Crippen LogP contribution in [-0.4, -0.2) is 34.3 Å². The molecule has 1 heterocycles. The third kappa shape index (κ3) is 6.29. The van der Waals surface area contributed by atoms with Gasteiger partial charge in [0.15, 0.2) is 5.69 Å². The second-order valence-electron chi connectivity index (χ2n) is 8.50. The third-order valence-electron chi connectivity index (χ3n) is 5.79. The van der Waals surface area contributed by atoms with E-state index in [1.54, 1.807) is 29.8 Å². The summed E-state index contributed by atoms with van der Waals surface area (Å²) in [6, 6.07) is 27.0. The fraction of sp³-hybridized carbons (Fsp3) is 0.207. The summed E-state index contributed by atoms with van der Waals surface area (Å²) < 4.78 is 7.80. The summed E-state index contributed by atoms with van der Waals surface area (Å²) in [6.07, 6.45) is 1.76. The van der Waals surface area contributed by atoms with Gasteiger partial charge in [-0.15, -0.1) is 0 Å². The van der Waals surface area contributed by atoms with Gasteiger partial charge >= 0.3 is 5.97 Å². The zero-order valence-corrected chi connectivity index (χ0v) is 21.9. The van der Waals surface area contributed by atoms with Crippen molar-refractivity contribution in [3.8, 4) is 16.9 Å². The molecule has 0 aliphatic carbocycles. The van der Waals surface area contributed by atoms with E-state index in [4.69, 9.17) is 4.74 Å². The van der Waals surface area contributed by atoms with Crippen molar-refractivity contribution in [3.05, 3.63) is 106 Å². The normalized spacial score (nSPS) is 11.6. The van der Waals surface area contributed by atoms with Crippen molar-refractivity contribution < 1.29 is 14.3 Å². The molecular formula is C29H28BrN3O3. The van der Waals surface area contributed by atoms with E-state index in [1.165, 1.54) is 5.56 Å². The fourth-order valence-corrected chi connectivity index (χ4v) is 4.13. The zero-order valence-electron chi connectivity index (χ0n) is 20.3. The quantitative estimate of drug-likeness (QED) is 0.253. The van der Waals surface area contributed by atoms with Gasteiger partial charge in [-0.05, 0) is 74.7 Å². The molecule has 1 atom stereocenters. The summed E-state index contributed by atoms with van der Waals surface area (Å²) in [5, 5.41) is 7.58. The van der Waals surface area contributed by atoms with Crippen LogP contribution in [0.15, 0.2) is 89.4 Å². The Morgan fingerprint density at radius 3 is 2.36 bits per heavy atom. The van der Waals surface area contributed by atoms with Crippen LogP contribution in [0.4, 0.5) is 0 Å². The first kappa shape index (κ1) is 25.4. The lowest BCUT2D eigenvalue weighted by Gasteiger charge is -2.14. The Kier molecular flexibility index (Phi) is 8.33. The summed E-state index contributed by atoms with van der Waals surface area (Å²) in [7, 11) is 0. The molecule has 0 aliphatic heterocycles. The lowest BCUT2D eigenvalue weighted by molar-refractivity contribution is 0.0518. The van der Waals surface area contributed by atoms with Crippen molar-refractivity contribution >= 4 is 27.8 Å². The van der Waals surface area contributed by atoms with Gasteiger partial charge in [0.2, 0.25) is 0 Å². The molecule has 0 bridgehead atoms. The number of aromatic nitrogens is 2. The van der Waals surface area contributed by atoms with Crippen LogP contribution >= 0.6 is 15.9 Å². The van der Waals surface area contributed by atoms with E-state index in [0.29, 0.717) is 5.56 Å². The number of esters is 1. The van der Waals surface area contributed by atoms with Crippen molar-refractivity contribution in [2.24, 2.45) is 0 Å². The topological polar surface area (TPSA) is 73.2 Å². The zero-order chi connectivity index (χ0) is 25.5. The molecular weight excluding hydrogens is 518 g/mol. The number of nitrogens with zero attached hydrogens (tertiary/aromatic N) is 2. The number of hydrogen-bond acceptors (Lipinski definition) is 4. The van der Waals surface area contributed by atoms with E-state index in [9.17, 15) is 9.59 Å². The van der Waals surface area contributed by atoms with Crippen molar-refractivity contribution in [1.82, 2.24) is 15.1 Å². The Morgan fingerprint density at radius 1 is 1.00 bits per heavy atom. The molecule has 0 fully saturated rings. The number of rotatable bonds is 9. The van der Waals surface area contributed by atoms with Crippen molar-refractivity contribution in [3.63, 3.8) is 0 Å². The van der Waals surface area contributed by atoms with Gasteiger partial charge < -0.3 is 10.1 Å². The molecule has 7 heteroatoms. The molecule has 1 aromatic heterocycles. The van der Waals surface area contributed by atoms with Crippen molar-refractivity contribution in [2.45, 2.75) is 32.7 Å². The number of aryl methyl sites for hydroxylation is 1. The SMILES string of the molecule is CCOC(=O)c1cc(-c2ccc(Br)cc2)n(-c2ccc(C(=O)NC(C)CCc3ccccc3)cc2)n1. The van der Waals surface area contributed by atoms with Crippen molar-refractivity contribution in [2.75, 3.05) is 6.61 Å². The van der Waals surface area contributed by atoms with Crippen LogP contribution in [0.5, 0.6) is 0 Å². The maximum absolute atomic E-state index is 12.8. The average molecular weight is 546 g/mol. The molecule has 4 aromatic rings. The van der Waals surface area contributed by atoms with Crippen LogP contribution in [-0.2, 0) is 11.2 Å². The van der Waals surface area contributed by atoms with Gasteiger partial charge in [0, 0.05) is 21.6 Å². The predicted molar refractivity (Wildman–Crippen MR) is 144 cm³/mol. The molecule has 1 unspecified atom stereocenters. The second kappa shape index (κ2) is 11.8. The minimum Gasteiger partial charge on any atom is -0.461 e. The number of benzene rings is 3. The van der Waals surface area contributed by atoms with Gasteiger partial charge in [0.25, 0.3) is 5.91 Å². The monoisotopic (exact) mass is 545 g/mol. The fourth-order valence-electron chi connectivity index (χ4n) is 3.87. The van der Waals surface area contributed by atoms with Gasteiger partial charge in [0.05, 0.1) is 18.0 Å². The van der Waals surface area contributed by atoms with E-state index in [1.807, 2.05) is 61.5 Å². The van der Waals surface area contributed by atoms with E-state index in [2.05, 4.69) is 38.5 Å². The first-order valence-electron chi connectivity index (χ1n) is 11.9. The molecule has 3 aromatic carbocycles. The minimum atomic E-state index is -0.477. The Bertz CT molecular complexity index is 1320. The molecule has 0 aliphatic rings. The van der Waals surface area contributed by atoms with E-state index in [0.717, 1.165) is 34.3 Å². The molecule has 1 N–H and O–H groups in total. The van der Waals surface area contributed by atoms with Crippen LogP contribution in [0.25, 0.3) is 16.9 Å². The first-order chi connectivity index (χ1) is 17.4. The molecule has 1 amide bonds. The molecule has 0 radical (unpaired) electrons. The van der Waals surface area contributed by atoms with Crippen LogP contribution in [0.2, 0.25) is 0 Å². The van der Waals surface area contributed by atoms with Gasteiger partial charge in [0.1, 0.15) is 0 Å². The van der Waals surface area contributed by atoms with Crippen LogP contribution in [0.1, 0.15) is 46.7 Å². The van der Waals surface area contributed by atoms with Crippen LogP contribution in [0, 0.1) is 0 Å². The summed E-state index contributed by atoms with van der Waals surface area (Å²) in [5.41, 5.74) is 4.42. The molecule has 36 heavy (non-hydrogen) atoms. The number of carbonyl (C=O) groups excluding carboxylic acids is 2. The lowest BCUT2D eigenvalue weighted by atomic mass is 10.1. The summed E-state index contributed by atoms with van der Waals surface area (Å²) >= 11 is 3.46. The highest BCUT2D eigenvalue weighted by Gasteiger charge is 2.18. The molecule has 0 spiro atoms. The molecule has 4 rings (SSSR count). The van der Waals surface area contributed by atoms with Gasteiger partial charge in [-0.25, -0.2) is 9.48 Å². The minimum absolute atomic E-state index is 0.0413. The van der Waals surface area contributed by atoms with Crippen LogP contribution < -0.4 is 5.32 Å². The highest BCUT2D eigenvalue weighted by atomic mass is 79.9. The molecule has 6 nitrogen and oxygen atoms in total. The maximum Gasteiger partial charge on any atom is 0.358 e. The molecule has 0 saturated carbocycles. The summed E-state index contributed by atoms with van der Waals surface area (Å²) in [4.78, 5) is 25.2. The number of nitrogens with one attached hydrogen (secondary N) is 1. The van der Waals surface area contributed by atoms with E-state index in [-0.39, 0.29) is 24.2 Å². The molecule has 0 saturated heterocycles. The average Bonchev–Trinajstić information content (AvgIpc) is 3.34. The number of halogens is 1. The second-order valence-corrected chi connectivity index (χ2v) is 9.42. The standard InChI is InChI=1S/C29H28BrN3O3/c1-3-36-29(35)26-19-27(22-11-15-24(30)16-12-22)33(32-26)25-17-13-23(14-18-25)28(34)31-20(2)9-10-21-7-5-4-6-8-21/h4-8,11-20H,3,9-10H2,1-2H3,(H,31,34). The van der Waals surface area contributed by atoms with Gasteiger partial charge in [-0.3, -0.25) is 4.79 Å². The highest BCUT2D eigenvalue weighted by Crippen LogP contribution is 2.26. The van der Waals surface area contributed by atoms with E-state index < -0.39 is 5.97 Å². The summed E-state index contributed by atoms with van der Waals surface area (Å²) in [5.74, 6) is -0.599. The van der Waals surface area contributed by atoms with Crippen LogP contribution in [0.3, 0.4) is 0 Å². The Labute approximate surface area is 219 Å². The Morgan fingerprint density at radius 2 is 1.69 bits per heavy atom. The molecule has 184 valence electrons. The number of amides is 1. The first-order valence-corrected chi connectivity index (χ1v) is 12.7. The third-order valence-corrected chi connectivity index (χ3v) is 6.32. The highest BCUT2D eigenvalue weighted by molar-refractivity contribution is 9.10. The smallest absolute Gasteiger partial charge is 0.358 e. The Balaban J connectivity index is 1.51. The number of ether oxygens (including phenoxy) is 1. The maximum atomic E-state index is 12.8. The predicted octanol–water partition coefficient (Wildman–Crippen LogP) is 6.23. The lowest BCUT2D eigenvalue weighted by Crippen LogP contribution is -2.32.